The number of carbonyl (C=O) groups is 4. The molecule has 0 radical (unpaired) electrons. The van der Waals surface area contributed by atoms with Gasteiger partial charge < -0.3 is 50.2 Å². The van der Waals surface area contributed by atoms with Crippen LogP contribution in [0.25, 0.3) is 0 Å². The Hall–Kier alpha value is -6.08. The normalized spacial score (nSPS) is 15.4. The zero-order valence-corrected chi connectivity index (χ0v) is 34.5. The van der Waals surface area contributed by atoms with Gasteiger partial charge in [-0.25, -0.2) is 9.59 Å². The van der Waals surface area contributed by atoms with Gasteiger partial charge in [-0.3, -0.25) is 9.59 Å². The number of halogens is 3. The van der Waals surface area contributed by atoms with E-state index in [-0.39, 0.29) is 37.1 Å². The van der Waals surface area contributed by atoms with E-state index in [0.717, 1.165) is 31.2 Å². The molecular weight excluding hydrogens is 793 g/mol. The fourth-order valence-electron chi connectivity index (χ4n) is 5.62. The van der Waals surface area contributed by atoms with E-state index < -0.39 is 66.0 Å². The van der Waals surface area contributed by atoms with Crippen molar-refractivity contribution in [3.05, 3.63) is 59.7 Å². The lowest BCUT2D eigenvalue weighted by Crippen LogP contribution is -2.43. The third kappa shape index (κ3) is 16.6. The van der Waals surface area contributed by atoms with E-state index in [9.17, 15) is 37.5 Å². The number of ether oxygens (including phenoxy) is 4. The van der Waals surface area contributed by atoms with E-state index in [0.29, 0.717) is 24.6 Å². The third-order valence-electron chi connectivity index (χ3n) is 8.37. The van der Waals surface area contributed by atoms with Crippen molar-refractivity contribution in [2.24, 2.45) is 5.92 Å². The van der Waals surface area contributed by atoms with Gasteiger partial charge >= 0.3 is 30.3 Å². The number of carboxylic acids is 1. The minimum Gasteiger partial charge on any atom is -0.494 e. The first kappa shape index (κ1) is 46.6. The molecule has 4 rings (SSSR count). The maximum atomic E-state index is 13.1. The molecule has 5 N–H and O–H groups in total. The van der Waals surface area contributed by atoms with Gasteiger partial charge in [0.1, 0.15) is 17.0 Å². The summed E-state index contributed by atoms with van der Waals surface area (Å²) in [5, 5.41) is 21.0. The lowest BCUT2D eigenvalue weighted by molar-refractivity contribution is -0.154. The summed E-state index contributed by atoms with van der Waals surface area (Å²) in [5.41, 5.74) is 0.00170. The second-order valence-electron chi connectivity index (χ2n) is 16.0. The summed E-state index contributed by atoms with van der Waals surface area (Å²) in [6.07, 6.45) is -2.27. The van der Waals surface area contributed by atoms with Gasteiger partial charge in [-0.1, -0.05) is 25.0 Å². The van der Waals surface area contributed by atoms with Crippen molar-refractivity contribution in [3.63, 3.8) is 0 Å². The van der Waals surface area contributed by atoms with E-state index >= 15 is 0 Å². The molecule has 17 nitrogen and oxygen atoms in total. The summed E-state index contributed by atoms with van der Waals surface area (Å²) >= 11 is 0. The Morgan fingerprint density at radius 3 is 2.08 bits per heavy atom. The van der Waals surface area contributed by atoms with Crippen LogP contribution in [-0.4, -0.2) is 105 Å². The minimum atomic E-state index is -4.65. The van der Waals surface area contributed by atoms with Crippen LogP contribution in [-0.2, 0) is 20.8 Å². The van der Waals surface area contributed by atoms with Gasteiger partial charge in [0, 0.05) is 37.4 Å². The molecule has 0 bridgehead atoms. The van der Waals surface area contributed by atoms with Crippen molar-refractivity contribution in [1.29, 1.82) is 0 Å². The number of rotatable bonds is 18. The van der Waals surface area contributed by atoms with Gasteiger partial charge in [-0.15, -0.1) is 0 Å². The number of unbranched alkanes of at least 4 members (excludes halogenated alkanes) is 3. The summed E-state index contributed by atoms with van der Waals surface area (Å²) in [4.78, 5) is 62.7. The Kier molecular flexibility index (Phi) is 16.1. The lowest BCUT2D eigenvalue weighted by Gasteiger charge is -2.24. The predicted molar refractivity (Wildman–Crippen MR) is 213 cm³/mol. The fraction of sp³-hybridized carbons (Fsp3) is 0.525. The Labute approximate surface area is 346 Å². The number of aliphatic carboxylic acids is 1. The van der Waals surface area contributed by atoms with E-state index in [1.165, 1.54) is 29.2 Å². The first-order chi connectivity index (χ1) is 28.1. The third-order valence-corrected chi connectivity index (χ3v) is 8.37. The highest BCUT2D eigenvalue weighted by molar-refractivity contribution is 5.95. The van der Waals surface area contributed by atoms with Crippen molar-refractivity contribution in [2.75, 3.05) is 43.5 Å². The molecule has 1 saturated heterocycles. The molecule has 2 heterocycles. The smallest absolute Gasteiger partial charge is 0.422 e. The molecule has 1 unspecified atom stereocenters. The molecule has 60 heavy (non-hydrogen) atoms. The van der Waals surface area contributed by atoms with Gasteiger partial charge in [-0.05, 0) is 96.3 Å². The maximum absolute atomic E-state index is 13.1. The topological polar surface area (TPSA) is 215 Å². The van der Waals surface area contributed by atoms with Gasteiger partial charge in [0.15, 0.2) is 6.61 Å². The van der Waals surface area contributed by atoms with Gasteiger partial charge in [0.25, 0.3) is 5.91 Å². The maximum Gasteiger partial charge on any atom is 0.422 e. The van der Waals surface area contributed by atoms with Crippen molar-refractivity contribution < 1.29 is 56.4 Å². The number of amides is 3. The molecule has 1 aliphatic rings. The Bertz CT molecular complexity index is 1900. The van der Waals surface area contributed by atoms with Gasteiger partial charge in [0.05, 0.1) is 18.6 Å². The van der Waals surface area contributed by atoms with E-state index in [1.54, 1.807) is 32.9 Å². The summed E-state index contributed by atoms with van der Waals surface area (Å²) in [6, 6.07) is 11.6. The highest BCUT2D eigenvalue weighted by Gasteiger charge is 2.42. The number of alkyl halides is 3. The number of likely N-dealkylation sites (tertiary alicyclic amines) is 1. The van der Waals surface area contributed by atoms with E-state index in [1.807, 2.05) is 32.9 Å². The number of carbonyl (C=O) groups excluding carboxylic acids is 3. The number of hydrogen-bond acceptors (Lipinski definition) is 13. The standard InChI is InChI=1S/C40H53F3N8O9/c1-38(2,3)59-36(55)44-19-9-7-8-10-20-57-28-17-11-25(12-18-28)21-45-33-48-34(50-35(49-33)58-24-40(41,42)43)46-27-15-13-26(14-16-27)31(52)47-30-23-51(22-29(30)32(53)54)37(56)60-39(4,5)6/h11-18,29-30H,7-10,19-24H2,1-6H3,(H,44,55)(H,47,52)(H,53,54)(H2,45,46,48,49,50)/t29?,30-/m0/s1. The molecule has 328 valence electrons. The second kappa shape index (κ2) is 20.7. The first-order valence-electron chi connectivity index (χ1n) is 19.4. The van der Waals surface area contributed by atoms with Crippen molar-refractivity contribution in [2.45, 2.75) is 97.2 Å². The second-order valence-corrected chi connectivity index (χ2v) is 16.0. The number of alkyl carbamates (subject to hydrolysis) is 1. The molecule has 2 aromatic carbocycles. The van der Waals surface area contributed by atoms with E-state index in [2.05, 4.69) is 36.2 Å². The Morgan fingerprint density at radius 2 is 1.45 bits per heavy atom. The number of benzene rings is 2. The van der Waals surface area contributed by atoms with Gasteiger partial charge in [0.2, 0.25) is 11.9 Å². The molecule has 2 atom stereocenters. The number of nitrogens with one attached hydrogen (secondary N) is 4. The number of aromatic nitrogens is 3. The molecule has 0 spiro atoms. The quantitative estimate of drug-likeness (QED) is 0.0845. The zero-order chi connectivity index (χ0) is 44.1. The Morgan fingerprint density at radius 1 is 0.800 bits per heavy atom. The van der Waals surface area contributed by atoms with Crippen molar-refractivity contribution in [3.8, 4) is 11.8 Å². The molecule has 3 amide bonds. The molecule has 3 aromatic rings. The minimum absolute atomic E-state index is 0.0628. The number of hydrogen-bond donors (Lipinski definition) is 5. The van der Waals surface area contributed by atoms with Crippen LogP contribution in [0.15, 0.2) is 48.5 Å². The average Bonchev–Trinajstić information content (AvgIpc) is 3.58. The highest BCUT2D eigenvalue weighted by atomic mass is 19.4. The molecule has 1 fully saturated rings. The van der Waals surface area contributed by atoms with Crippen LogP contribution < -0.4 is 30.7 Å². The van der Waals surface area contributed by atoms with Crippen LogP contribution in [0.2, 0.25) is 0 Å². The number of anilines is 3. The molecule has 20 heteroatoms. The van der Waals surface area contributed by atoms with Crippen LogP contribution in [0.3, 0.4) is 0 Å². The zero-order valence-electron chi connectivity index (χ0n) is 34.5. The number of carboxylic acid groups (broad SMARTS) is 1. The number of nitrogens with zero attached hydrogens (tertiary/aromatic N) is 4. The Balaban J connectivity index is 1.29. The predicted octanol–water partition coefficient (Wildman–Crippen LogP) is 6.68. The highest BCUT2D eigenvalue weighted by Crippen LogP contribution is 2.24. The van der Waals surface area contributed by atoms with Crippen LogP contribution >= 0.6 is 0 Å². The van der Waals surface area contributed by atoms with E-state index in [4.69, 9.17) is 18.9 Å². The summed E-state index contributed by atoms with van der Waals surface area (Å²) in [6.45, 7) is 9.90. The molecule has 0 saturated carbocycles. The first-order valence-corrected chi connectivity index (χ1v) is 19.4. The molecule has 0 aliphatic carbocycles. The van der Waals surface area contributed by atoms with Crippen LogP contribution in [0.4, 0.5) is 40.3 Å². The summed E-state index contributed by atoms with van der Waals surface area (Å²) < 4.78 is 60.2. The molecule has 1 aromatic heterocycles. The van der Waals surface area contributed by atoms with Crippen LogP contribution in [0.5, 0.6) is 11.8 Å². The van der Waals surface area contributed by atoms with Crippen LogP contribution in [0.1, 0.15) is 83.1 Å². The SMILES string of the molecule is CC(C)(C)OC(=O)NCCCCCCOc1ccc(CNc2nc(Nc3ccc(C(=O)N[C@H]4CN(C(=O)OC(C)(C)C)CC4C(=O)O)cc3)nc(OCC(F)(F)F)n2)cc1. The fourth-order valence-corrected chi connectivity index (χ4v) is 5.62. The summed E-state index contributed by atoms with van der Waals surface area (Å²) in [5.74, 6) is -2.39. The van der Waals surface area contributed by atoms with Crippen molar-refractivity contribution >= 4 is 41.6 Å². The average molecular weight is 847 g/mol. The van der Waals surface area contributed by atoms with Gasteiger partial charge in [-0.2, -0.15) is 28.1 Å². The lowest BCUT2D eigenvalue weighted by atomic mass is 10.0. The molecular formula is C40H53F3N8O9. The molecule has 1 aliphatic heterocycles. The van der Waals surface area contributed by atoms with Crippen molar-refractivity contribution in [1.82, 2.24) is 30.5 Å². The largest absolute Gasteiger partial charge is 0.494 e. The van der Waals surface area contributed by atoms with Crippen LogP contribution in [0, 0.1) is 5.92 Å². The summed E-state index contributed by atoms with van der Waals surface area (Å²) in [7, 11) is 0. The monoisotopic (exact) mass is 846 g/mol.